The van der Waals surface area contributed by atoms with Gasteiger partial charge < -0.3 is 10.1 Å². The van der Waals surface area contributed by atoms with Gasteiger partial charge >= 0.3 is 0 Å². The van der Waals surface area contributed by atoms with Gasteiger partial charge in [0.05, 0.1) is 17.4 Å². The van der Waals surface area contributed by atoms with E-state index >= 15 is 0 Å². The van der Waals surface area contributed by atoms with Crippen molar-refractivity contribution < 1.29 is 14.3 Å². The van der Waals surface area contributed by atoms with Gasteiger partial charge in [-0.2, -0.15) is 5.10 Å². The van der Waals surface area contributed by atoms with Crippen LogP contribution in [-0.4, -0.2) is 36.8 Å². The summed E-state index contributed by atoms with van der Waals surface area (Å²) >= 11 is 1.34. The first-order valence-electron chi connectivity index (χ1n) is 6.90. The van der Waals surface area contributed by atoms with E-state index in [2.05, 4.69) is 15.8 Å². The van der Waals surface area contributed by atoms with Crippen molar-refractivity contribution in [1.82, 2.24) is 10.7 Å². The normalized spacial score (nSPS) is 18.5. The third-order valence-electron chi connectivity index (χ3n) is 3.06. The molecule has 21 heavy (non-hydrogen) atoms. The highest BCUT2D eigenvalue weighted by atomic mass is 32.1. The SMILES string of the molecule is C/C(CC(=O)NCC1CCCO1)=N\NC(=O)c1cccs1. The number of hydrogen-bond acceptors (Lipinski definition) is 5. The monoisotopic (exact) mass is 309 g/mol. The smallest absolute Gasteiger partial charge is 0.281 e. The second-order valence-electron chi connectivity index (χ2n) is 4.88. The van der Waals surface area contributed by atoms with Crippen LogP contribution in [0, 0.1) is 0 Å². The predicted molar refractivity (Wildman–Crippen MR) is 81.5 cm³/mol. The number of nitrogens with zero attached hydrogens (tertiary/aromatic N) is 1. The molecule has 0 saturated carbocycles. The van der Waals surface area contributed by atoms with Crippen LogP contribution in [-0.2, 0) is 9.53 Å². The van der Waals surface area contributed by atoms with Gasteiger partial charge in [-0.25, -0.2) is 5.43 Å². The van der Waals surface area contributed by atoms with Gasteiger partial charge in [0, 0.05) is 18.9 Å². The van der Waals surface area contributed by atoms with E-state index in [1.807, 2.05) is 5.38 Å². The molecule has 2 heterocycles. The first-order chi connectivity index (χ1) is 10.1. The van der Waals surface area contributed by atoms with Crippen molar-refractivity contribution in [3.8, 4) is 0 Å². The highest BCUT2D eigenvalue weighted by Gasteiger charge is 2.16. The lowest BCUT2D eigenvalue weighted by Gasteiger charge is -2.10. The third kappa shape index (κ3) is 5.28. The lowest BCUT2D eigenvalue weighted by molar-refractivity contribution is -0.120. The average molecular weight is 309 g/mol. The van der Waals surface area contributed by atoms with Crippen LogP contribution in [0.4, 0.5) is 0 Å². The van der Waals surface area contributed by atoms with Crippen LogP contribution in [0.2, 0.25) is 0 Å². The quantitative estimate of drug-likeness (QED) is 0.618. The van der Waals surface area contributed by atoms with Crippen molar-refractivity contribution in [3.63, 3.8) is 0 Å². The number of thiophene rings is 1. The number of carbonyl (C=O) groups is 2. The Bertz CT molecular complexity index is 508. The van der Waals surface area contributed by atoms with Gasteiger partial charge in [-0.1, -0.05) is 6.07 Å². The Labute approximate surface area is 127 Å². The number of nitrogens with one attached hydrogen (secondary N) is 2. The number of carbonyl (C=O) groups excluding carboxylic acids is 2. The standard InChI is InChI=1S/C14H19N3O3S/c1-10(16-17-14(19)12-5-3-7-21-12)8-13(18)15-9-11-4-2-6-20-11/h3,5,7,11H,2,4,6,8-9H2,1H3,(H,15,18)(H,17,19)/b16-10+. The van der Waals surface area contributed by atoms with E-state index in [1.165, 1.54) is 11.3 Å². The molecule has 0 aliphatic carbocycles. The number of amides is 2. The second-order valence-corrected chi connectivity index (χ2v) is 5.83. The molecule has 2 amide bonds. The molecule has 2 rings (SSSR count). The number of hydrazone groups is 1. The zero-order valence-corrected chi connectivity index (χ0v) is 12.7. The van der Waals surface area contributed by atoms with Gasteiger partial charge in [0.15, 0.2) is 0 Å². The molecule has 1 aliphatic rings. The zero-order valence-electron chi connectivity index (χ0n) is 11.9. The van der Waals surface area contributed by atoms with E-state index in [4.69, 9.17) is 4.74 Å². The van der Waals surface area contributed by atoms with Crippen LogP contribution < -0.4 is 10.7 Å². The number of ether oxygens (including phenoxy) is 1. The Morgan fingerprint density at radius 3 is 3.05 bits per heavy atom. The summed E-state index contributed by atoms with van der Waals surface area (Å²) in [6.07, 6.45) is 2.34. The third-order valence-corrected chi connectivity index (χ3v) is 3.93. The molecule has 2 N–H and O–H groups in total. The van der Waals surface area contributed by atoms with Crippen molar-refractivity contribution in [3.05, 3.63) is 22.4 Å². The first-order valence-corrected chi connectivity index (χ1v) is 7.78. The highest BCUT2D eigenvalue weighted by Crippen LogP contribution is 2.10. The molecule has 0 radical (unpaired) electrons. The fourth-order valence-corrected chi connectivity index (χ4v) is 2.59. The molecule has 1 fully saturated rings. The van der Waals surface area contributed by atoms with Crippen molar-refractivity contribution in [2.75, 3.05) is 13.2 Å². The van der Waals surface area contributed by atoms with Crippen LogP contribution >= 0.6 is 11.3 Å². The summed E-state index contributed by atoms with van der Waals surface area (Å²) in [5, 5.41) is 8.57. The molecule has 0 spiro atoms. The van der Waals surface area contributed by atoms with Crippen molar-refractivity contribution >= 4 is 28.9 Å². The Balaban J connectivity index is 1.69. The number of hydrogen-bond donors (Lipinski definition) is 2. The Morgan fingerprint density at radius 2 is 2.38 bits per heavy atom. The van der Waals surface area contributed by atoms with Crippen molar-refractivity contribution in [2.24, 2.45) is 5.10 Å². The van der Waals surface area contributed by atoms with E-state index in [0.29, 0.717) is 17.1 Å². The van der Waals surface area contributed by atoms with Crippen LogP contribution in [0.1, 0.15) is 35.9 Å². The largest absolute Gasteiger partial charge is 0.376 e. The van der Waals surface area contributed by atoms with E-state index in [1.54, 1.807) is 19.1 Å². The average Bonchev–Trinajstić information content (AvgIpc) is 3.15. The van der Waals surface area contributed by atoms with Crippen molar-refractivity contribution in [2.45, 2.75) is 32.3 Å². The molecule has 1 unspecified atom stereocenters. The molecule has 1 saturated heterocycles. The summed E-state index contributed by atoms with van der Waals surface area (Å²) in [7, 11) is 0. The van der Waals surface area contributed by atoms with E-state index in [0.717, 1.165) is 19.4 Å². The summed E-state index contributed by atoms with van der Waals surface area (Å²) < 4.78 is 5.43. The van der Waals surface area contributed by atoms with Gasteiger partial charge in [-0.15, -0.1) is 11.3 Å². The summed E-state index contributed by atoms with van der Waals surface area (Å²) in [6.45, 7) is 3.02. The molecular weight excluding hydrogens is 290 g/mol. The van der Waals surface area contributed by atoms with Crippen LogP contribution in [0.15, 0.2) is 22.6 Å². The van der Waals surface area contributed by atoms with E-state index in [-0.39, 0.29) is 24.3 Å². The fraction of sp³-hybridized carbons (Fsp3) is 0.500. The van der Waals surface area contributed by atoms with Crippen molar-refractivity contribution in [1.29, 1.82) is 0 Å². The molecule has 1 aliphatic heterocycles. The van der Waals surface area contributed by atoms with Gasteiger partial charge in [0.25, 0.3) is 5.91 Å². The Kier molecular flexibility index (Phi) is 5.89. The predicted octanol–water partition coefficient (Wildman–Crippen LogP) is 1.54. The minimum Gasteiger partial charge on any atom is -0.376 e. The first kappa shape index (κ1) is 15.7. The summed E-state index contributed by atoms with van der Waals surface area (Å²) in [6, 6.07) is 3.52. The van der Waals surface area contributed by atoms with Crippen LogP contribution in [0.3, 0.4) is 0 Å². The maximum Gasteiger partial charge on any atom is 0.281 e. The minimum atomic E-state index is -0.260. The zero-order chi connectivity index (χ0) is 15.1. The highest BCUT2D eigenvalue weighted by molar-refractivity contribution is 7.12. The molecule has 0 aromatic carbocycles. The van der Waals surface area contributed by atoms with Gasteiger partial charge in [-0.3, -0.25) is 9.59 Å². The molecule has 0 bridgehead atoms. The lowest BCUT2D eigenvalue weighted by Crippen LogP contribution is -2.33. The Morgan fingerprint density at radius 1 is 1.52 bits per heavy atom. The van der Waals surface area contributed by atoms with Gasteiger partial charge in [0.1, 0.15) is 0 Å². The summed E-state index contributed by atoms with van der Waals surface area (Å²) in [4.78, 5) is 24.0. The minimum absolute atomic E-state index is 0.114. The van der Waals surface area contributed by atoms with Gasteiger partial charge in [-0.05, 0) is 31.2 Å². The maximum absolute atomic E-state index is 11.7. The van der Waals surface area contributed by atoms with Gasteiger partial charge in [0.2, 0.25) is 5.91 Å². The van der Waals surface area contributed by atoms with Crippen LogP contribution in [0.5, 0.6) is 0 Å². The van der Waals surface area contributed by atoms with E-state index < -0.39 is 0 Å². The molecule has 114 valence electrons. The summed E-state index contributed by atoms with van der Waals surface area (Å²) in [5.74, 6) is -0.374. The second kappa shape index (κ2) is 7.90. The molecule has 1 atom stereocenters. The van der Waals surface area contributed by atoms with Crippen LogP contribution in [0.25, 0.3) is 0 Å². The molecule has 6 nitrogen and oxygen atoms in total. The molecule has 7 heteroatoms. The lowest BCUT2D eigenvalue weighted by atomic mass is 10.2. The maximum atomic E-state index is 11.7. The summed E-state index contributed by atoms with van der Waals surface area (Å²) in [5.41, 5.74) is 3.00. The number of rotatable bonds is 6. The Hall–Kier alpha value is -1.73. The molecule has 1 aromatic rings. The van der Waals surface area contributed by atoms with E-state index in [9.17, 15) is 9.59 Å². The molecule has 1 aromatic heterocycles. The molecular formula is C14H19N3O3S. The fourth-order valence-electron chi connectivity index (χ4n) is 1.98. The topological polar surface area (TPSA) is 79.8 Å².